The van der Waals surface area contributed by atoms with Gasteiger partial charge in [-0.15, -0.1) is 23.2 Å². The second-order valence-corrected chi connectivity index (χ2v) is 6.40. The van der Waals surface area contributed by atoms with Crippen LogP contribution in [0.3, 0.4) is 0 Å². The highest BCUT2D eigenvalue weighted by atomic mass is 35.5. The van der Waals surface area contributed by atoms with E-state index >= 15 is 0 Å². The summed E-state index contributed by atoms with van der Waals surface area (Å²) in [6, 6.07) is 7.83. The van der Waals surface area contributed by atoms with Gasteiger partial charge in [-0.2, -0.15) is 0 Å². The van der Waals surface area contributed by atoms with E-state index in [1.807, 2.05) is 24.3 Å². The first kappa shape index (κ1) is 12.0. The van der Waals surface area contributed by atoms with Gasteiger partial charge >= 0.3 is 0 Å². The van der Waals surface area contributed by atoms with Gasteiger partial charge in [-0.25, -0.2) is 0 Å². The van der Waals surface area contributed by atoms with Crippen molar-refractivity contribution in [3.05, 3.63) is 35.4 Å². The summed E-state index contributed by atoms with van der Waals surface area (Å²) < 4.78 is 5.60. The maximum atomic E-state index is 5.84. The summed E-state index contributed by atoms with van der Waals surface area (Å²) in [6.07, 6.45) is 0. The molecular formula is C10H13Cl2OSi. The molecule has 1 nitrogen and oxygen atoms in total. The van der Waals surface area contributed by atoms with E-state index in [1.165, 1.54) is 0 Å². The predicted octanol–water partition coefficient (Wildman–Crippen LogP) is 3.93. The lowest BCUT2D eigenvalue weighted by atomic mass is 10.1. The molecule has 0 saturated heterocycles. The number of halogens is 2. The molecule has 0 N–H and O–H groups in total. The molecule has 0 aliphatic carbocycles. The van der Waals surface area contributed by atoms with Crippen LogP contribution in [0.4, 0.5) is 0 Å². The minimum absolute atomic E-state index is 0.473. The van der Waals surface area contributed by atoms with Crippen LogP contribution in [0.1, 0.15) is 16.0 Å². The van der Waals surface area contributed by atoms with Crippen LogP contribution < -0.4 is 0 Å². The third-order valence-corrected chi connectivity index (χ3v) is 3.00. The van der Waals surface area contributed by atoms with Gasteiger partial charge in [-0.05, 0) is 24.2 Å². The number of benzene rings is 1. The second-order valence-electron chi connectivity index (χ2n) is 3.20. The Balaban J connectivity index is 2.74. The summed E-state index contributed by atoms with van der Waals surface area (Å²) in [6.45, 7) is 4.81. The molecule has 77 valence electrons. The van der Waals surface area contributed by atoms with E-state index in [4.69, 9.17) is 27.6 Å². The molecule has 0 spiro atoms. The summed E-state index contributed by atoms with van der Waals surface area (Å²) >= 11 is 11.7. The van der Waals surface area contributed by atoms with E-state index in [1.54, 1.807) is 0 Å². The van der Waals surface area contributed by atoms with E-state index < -0.39 is 13.9 Å². The molecule has 0 heterocycles. The zero-order valence-corrected chi connectivity index (χ0v) is 10.8. The molecule has 0 amide bonds. The first-order valence-corrected chi connectivity index (χ1v) is 7.68. The number of alkyl halides is 2. The van der Waals surface area contributed by atoms with Gasteiger partial charge in [0, 0.05) is 0 Å². The van der Waals surface area contributed by atoms with Gasteiger partial charge in [0.05, 0.1) is 6.61 Å². The lowest BCUT2D eigenvalue weighted by Crippen LogP contribution is -2.08. The van der Waals surface area contributed by atoms with E-state index in [-0.39, 0.29) is 0 Å². The van der Waals surface area contributed by atoms with Crippen LogP contribution in [-0.4, -0.2) is 9.04 Å². The van der Waals surface area contributed by atoms with Crippen molar-refractivity contribution in [2.75, 3.05) is 0 Å². The third kappa shape index (κ3) is 3.62. The predicted molar refractivity (Wildman–Crippen MR) is 63.2 cm³/mol. The van der Waals surface area contributed by atoms with Crippen LogP contribution in [0.5, 0.6) is 0 Å². The molecule has 0 bridgehead atoms. The molecule has 0 atom stereocenters. The van der Waals surface area contributed by atoms with Gasteiger partial charge in [0.25, 0.3) is 0 Å². The van der Waals surface area contributed by atoms with Crippen LogP contribution in [-0.2, 0) is 11.0 Å². The monoisotopic (exact) mass is 247 g/mol. The number of hydrogen-bond acceptors (Lipinski definition) is 1. The summed E-state index contributed by atoms with van der Waals surface area (Å²) in [5.74, 6) is 0. The Kier molecular flexibility index (Phi) is 4.96. The Morgan fingerprint density at radius 2 is 1.93 bits per heavy atom. The van der Waals surface area contributed by atoms with Crippen molar-refractivity contribution < 1.29 is 4.43 Å². The van der Waals surface area contributed by atoms with E-state index in [0.717, 1.165) is 11.1 Å². The minimum Gasteiger partial charge on any atom is -0.413 e. The largest absolute Gasteiger partial charge is 0.413 e. The average molecular weight is 248 g/mol. The number of hydrogen-bond donors (Lipinski definition) is 0. The smallest absolute Gasteiger partial charge is 0.205 e. The summed E-state index contributed by atoms with van der Waals surface area (Å²) in [5, 5.41) is 0. The van der Waals surface area contributed by atoms with E-state index in [0.29, 0.717) is 6.61 Å². The van der Waals surface area contributed by atoms with E-state index in [2.05, 4.69) is 13.1 Å². The molecule has 0 aromatic heterocycles. The Bertz CT molecular complexity index is 289. The van der Waals surface area contributed by atoms with Crippen LogP contribution in [0.2, 0.25) is 13.1 Å². The zero-order valence-electron chi connectivity index (χ0n) is 8.26. The van der Waals surface area contributed by atoms with Gasteiger partial charge in [0.1, 0.15) is 4.84 Å². The first-order valence-electron chi connectivity index (χ1n) is 4.40. The highest BCUT2D eigenvalue weighted by molar-refractivity contribution is 6.48. The first-order chi connectivity index (χ1) is 6.61. The summed E-state index contributed by atoms with van der Waals surface area (Å²) in [5.41, 5.74) is 2.02. The van der Waals surface area contributed by atoms with Crippen molar-refractivity contribution in [2.24, 2.45) is 0 Å². The van der Waals surface area contributed by atoms with Crippen molar-refractivity contribution >= 4 is 32.2 Å². The topological polar surface area (TPSA) is 9.23 Å². The second kappa shape index (κ2) is 5.76. The molecular weight excluding hydrogens is 235 g/mol. The van der Waals surface area contributed by atoms with Gasteiger partial charge in [0.15, 0.2) is 0 Å². The Hall–Kier alpha value is -0.0231. The molecule has 0 saturated carbocycles. The molecule has 0 fully saturated rings. The van der Waals surface area contributed by atoms with Crippen molar-refractivity contribution in [3.8, 4) is 0 Å². The average Bonchev–Trinajstić information content (AvgIpc) is 2.15. The SMILES string of the molecule is C[Si](C)OCc1ccccc1C(Cl)Cl. The van der Waals surface area contributed by atoms with Gasteiger partial charge in [-0.3, -0.25) is 0 Å². The normalized spacial score (nSPS) is 11.3. The maximum Gasteiger partial charge on any atom is 0.205 e. The fourth-order valence-corrected chi connectivity index (χ4v) is 1.97. The molecule has 0 unspecified atom stereocenters. The van der Waals surface area contributed by atoms with Crippen molar-refractivity contribution in [1.82, 2.24) is 0 Å². The van der Waals surface area contributed by atoms with Crippen molar-refractivity contribution in [3.63, 3.8) is 0 Å². The lowest BCUT2D eigenvalue weighted by Gasteiger charge is -2.11. The van der Waals surface area contributed by atoms with Crippen molar-refractivity contribution in [1.29, 1.82) is 0 Å². The van der Waals surface area contributed by atoms with Crippen molar-refractivity contribution in [2.45, 2.75) is 24.5 Å². The van der Waals surface area contributed by atoms with Crippen LogP contribution in [0.15, 0.2) is 24.3 Å². The quantitative estimate of drug-likeness (QED) is 0.579. The minimum atomic E-state index is -0.660. The molecule has 1 radical (unpaired) electrons. The fourth-order valence-electron chi connectivity index (χ4n) is 1.10. The molecule has 0 aliphatic heterocycles. The number of rotatable bonds is 4. The van der Waals surface area contributed by atoms with Crippen LogP contribution >= 0.6 is 23.2 Å². The van der Waals surface area contributed by atoms with Gasteiger partial charge in [0.2, 0.25) is 9.04 Å². The standard InChI is InChI=1S/C10H13Cl2OSi/c1-14(2)13-7-8-5-3-4-6-9(8)10(11)12/h3-6,10H,7H2,1-2H3. The third-order valence-electron chi connectivity index (χ3n) is 1.81. The molecule has 14 heavy (non-hydrogen) atoms. The zero-order chi connectivity index (χ0) is 10.6. The van der Waals surface area contributed by atoms with Gasteiger partial charge in [-0.1, -0.05) is 24.3 Å². The lowest BCUT2D eigenvalue weighted by molar-refractivity contribution is 0.313. The van der Waals surface area contributed by atoms with Crippen LogP contribution in [0, 0.1) is 0 Å². The van der Waals surface area contributed by atoms with E-state index in [9.17, 15) is 0 Å². The highest BCUT2D eigenvalue weighted by Crippen LogP contribution is 2.27. The Morgan fingerprint density at radius 3 is 2.50 bits per heavy atom. The highest BCUT2D eigenvalue weighted by Gasteiger charge is 2.09. The molecule has 4 heteroatoms. The summed E-state index contributed by atoms with van der Waals surface area (Å²) in [7, 11) is -0.660. The molecule has 1 aromatic rings. The molecule has 1 rings (SSSR count). The molecule has 0 aliphatic rings. The summed E-state index contributed by atoms with van der Waals surface area (Å²) in [4.78, 5) is -0.473. The van der Waals surface area contributed by atoms with Gasteiger partial charge < -0.3 is 4.43 Å². The Morgan fingerprint density at radius 1 is 1.29 bits per heavy atom. The van der Waals surface area contributed by atoms with Crippen LogP contribution in [0.25, 0.3) is 0 Å². The molecule has 1 aromatic carbocycles. The maximum absolute atomic E-state index is 5.84. The Labute approximate surface area is 96.7 Å². The fraction of sp³-hybridized carbons (Fsp3) is 0.400.